The molecule has 1 N–H and O–H groups in total. The summed E-state index contributed by atoms with van der Waals surface area (Å²) in [5.74, 6) is 0.833. The van der Waals surface area contributed by atoms with Crippen LogP contribution in [0, 0.1) is 0 Å². The van der Waals surface area contributed by atoms with E-state index in [0.717, 1.165) is 72.5 Å². The van der Waals surface area contributed by atoms with Gasteiger partial charge in [0.25, 0.3) is 0 Å². The quantitative estimate of drug-likeness (QED) is 0.157. The maximum atomic E-state index is 11.5. The van der Waals surface area contributed by atoms with Gasteiger partial charge >= 0.3 is 0 Å². The Hall–Kier alpha value is -7.82. The smallest absolute Gasteiger partial charge is 0.149 e. The normalized spacial score (nSPS) is 12.1. The van der Waals surface area contributed by atoms with Crippen LogP contribution in [0.4, 0.5) is 0 Å². The number of hydrogen-bond acceptors (Lipinski definition) is 3. The highest BCUT2D eigenvalue weighted by molar-refractivity contribution is 5.98. The van der Waals surface area contributed by atoms with E-state index >= 15 is 0 Å². The van der Waals surface area contributed by atoms with Crippen LogP contribution < -0.4 is 0 Å². The van der Waals surface area contributed by atoms with Crippen LogP contribution >= 0.6 is 0 Å². The average molecular weight is 898 g/mol. The minimum absolute atomic E-state index is 0.116. The van der Waals surface area contributed by atoms with E-state index in [9.17, 15) is 5.11 Å². The van der Waals surface area contributed by atoms with Gasteiger partial charge in [-0.25, -0.2) is 4.98 Å². The van der Waals surface area contributed by atoms with Crippen LogP contribution in [-0.4, -0.2) is 19.6 Å². The van der Waals surface area contributed by atoms with E-state index in [4.69, 9.17) is 9.97 Å². The van der Waals surface area contributed by atoms with Crippen LogP contribution in [0.2, 0.25) is 0 Å². The molecule has 0 radical (unpaired) electrons. The Morgan fingerprint density at radius 1 is 0.391 bits per heavy atom. The first-order valence-electron chi connectivity index (χ1n) is 24.0. The third-order valence-electron chi connectivity index (χ3n) is 13.8. The predicted octanol–water partition coefficient (Wildman–Crippen LogP) is 17.0. The van der Waals surface area contributed by atoms with Gasteiger partial charge in [-0.3, -0.25) is 9.55 Å². The van der Waals surface area contributed by atoms with Gasteiger partial charge in [0.15, 0.2) is 0 Å². The number of para-hydroxylation sites is 2. The fourth-order valence-corrected chi connectivity index (χ4v) is 9.57. The zero-order chi connectivity index (χ0) is 48.1. The molecule has 8 aromatic carbocycles. The van der Waals surface area contributed by atoms with Crippen molar-refractivity contribution in [2.24, 2.45) is 0 Å². The van der Waals surface area contributed by atoms with Gasteiger partial charge in [0.05, 0.1) is 28.0 Å². The molecule has 340 valence electrons. The molecule has 0 unspecified atom stereocenters. The number of nitrogens with zero attached hydrogens (tertiary/aromatic N) is 3. The third-order valence-corrected chi connectivity index (χ3v) is 13.8. The first-order chi connectivity index (χ1) is 33.1. The molecular weight excluding hydrogens is 839 g/mol. The second-order valence-corrected chi connectivity index (χ2v) is 20.9. The molecule has 0 aliphatic carbocycles. The number of rotatable bonds is 9. The zero-order valence-corrected chi connectivity index (χ0v) is 40.9. The van der Waals surface area contributed by atoms with E-state index in [-0.39, 0.29) is 22.0 Å². The molecule has 0 aliphatic rings. The van der Waals surface area contributed by atoms with Gasteiger partial charge in [-0.2, -0.15) is 0 Å². The summed E-state index contributed by atoms with van der Waals surface area (Å²) in [5.41, 5.74) is 19.0. The molecular formula is C65H59N3O. The Bertz CT molecular complexity index is 3460. The highest BCUT2D eigenvalue weighted by Gasteiger charge is 2.26. The Morgan fingerprint density at radius 2 is 0.942 bits per heavy atom. The van der Waals surface area contributed by atoms with Gasteiger partial charge in [0, 0.05) is 28.3 Å². The van der Waals surface area contributed by atoms with E-state index in [1.54, 1.807) is 6.07 Å². The molecule has 0 amide bonds. The number of aromatic nitrogens is 3. The van der Waals surface area contributed by atoms with E-state index in [1.165, 1.54) is 22.3 Å². The standard InChI is InChI=1S/C65H59N3O/c1-63(2,3)50-31-33-52(34-32-50)65(7,8)51-29-26-44(27-30-51)47-36-37-66-57(42-47)49-38-48(39-53(40-49)64(4,5)6)54-23-17-24-59-61(54)67-62(55-22-15-16-25-60(55)69)68(59)58-35-28-46(43-18-11-9-12-19-43)41-56(58)45-20-13-10-14-21-45/h9-42,69H,1-8H3. The highest BCUT2D eigenvalue weighted by atomic mass is 16.3. The van der Waals surface area contributed by atoms with E-state index in [0.29, 0.717) is 11.4 Å². The fraction of sp³-hybridized carbons (Fsp3) is 0.169. The van der Waals surface area contributed by atoms with Crippen LogP contribution in [0.15, 0.2) is 206 Å². The first kappa shape index (κ1) is 45.0. The monoisotopic (exact) mass is 897 g/mol. The Labute approximate surface area is 407 Å². The lowest BCUT2D eigenvalue weighted by atomic mass is 9.76. The number of hydrogen-bond donors (Lipinski definition) is 1. The minimum atomic E-state index is -0.155. The number of phenolic OH excluding ortho intramolecular Hbond substituents is 1. The maximum absolute atomic E-state index is 11.5. The summed E-state index contributed by atoms with van der Waals surface area (Å²) in [6, 6.07) is 70.9. The second kappa shape index (κ2) is 17.7. The summed E-state index contributed by atoms with van der Waals surface area (Å²) < 4.78 is 2.22. The van der Waals surface area contributed by atoms with Crippen molar-refractivity contribution in [3.8, 4) is 78.6 Å². The molecule has 0 saturated heterocycles. The third kappa shape index (κ3) is 8.80. The van der Waals surface area contributed by atoms with E-state index in [2.05, 4.69) is 230 Å². The van der Waals surface area contributed by atoms with Gasteiger partial charge in [0.2, 0.25) is 0 Å². The van der Waals surface area contributed by atoms with Gasteiger partial charge < -0.3 is 5.11 Å². The molecule has 4 heteroatoms. The Balaban J connectivity index is 1.09. The number of benzene rings is 8. The van der Waals surface area contributed by atoms with E-state index < -0.39 is 0 Å². The van der Waals surface area contributed by atoms with Gasteiger partial charge in [-0.05, 0) is 121 Å². The summed E-state index contributed by atoms with van der Waals surface area (Å²) in [6.45, 7) is 18.2. The summed E-state index contributed by atoms with van der Waals surface area (Å²) in [5, 5.41) is 11.5. The van der Waals surface area contributed by atoms with Crippen LogP contribution in [0.5, 0.6) is 5.75 Å². The van der Waals surface area contributed by atoms with Crippen molar-refractivity contribution < 1.29 is 5.11 Å². The van der Waals surface area contributed by atoms with E-state index in [1.807, 2.05) is 30.5 Å². The van der Waals surface area contributed by atoms with Crippen molar-refractivity contribution in [1.82, 2.24) is 14.5 Å². The summed E-state index contributed by atoms with van der Waals surface area (Å²) in [7, 11) is 0. The zero-order valence-electron chi connectivity index (χ0n) is 40.9. The topological polar surface area (TPSA) is 50.9 Å². The molecule has 0 bridgehead atoms. The molecule has 4 nitrogen and oxygen atoms in total. The molecule has 0 spiro atoms. The molecule has 0 atom stereocenters. The molecule has 69 heavy (non-hydrogen) atoms. The Morgan fingerprint density at radius 3 is 1.61 bits per heavy atom. The van der Waals surface area contributed by atoms with Crippen LogP contribution in [0.25, 0.3) is 83.9 Å². The highest BCUT2D eigenvalue weighted by Crippen LogP contribution is 2.43. The van der Waals surface area contributed by atoms with Crippen molar-refractivity contribution in [3.05, 3.63) is 229 Å². The van der Waals surface area contributed by atoms with Crippen molar-refractivity contribution in [1.29, 1.82) is 0 Å². The lowest BCUT2D eigenvalue weighted by molar-refractivity contribution is 0.477. The first-order valence-corrected chi connectivity index (χ1v) is 24.0. The second-order valence-electron chi connectivity index (χ2n) is 20.9. The summed E-state index contributed by atoms with van der Waals surface area (Å²) >= 11 is 0. The number of imidazole rings is 1. The van der Waals surface area contributed by atoms with Crippen molar-refractivity contribution in [2.75, 3.05) is 0 Å². The largest absolute Gasteiger partial charge is 0.507 e. The molecule has 10 rings (SSSR count). The fourth-order valence-electron chi connectivity index (χ4n) is 9.57. The average Bonchev–Trinajstić information content (AvgIpc) is 3.76. The number of pyridine rings is 1. The van der Waals surface area contributed by atoms with Crippen LogP contribution in [-0.2, 0) is 16.2 Å². The predicted molar refractivity (Wildman–Crippen MR) is 289 cm³/mol. The molecule has 2 heterocycles. The molecule has 10 aromatic rings. The molecule has 0 saturated carbocycles. The number of phenols is 1. The van der Waals surface area contributed by atoms with Gasteiger partial charge in [0.1, 0.15) is 11.6 Å². The maximum Gasteiger partial charge on any atom is 0.149 e. The molecule has 0 aliphatic heterocycles. The minimum Gasteiger partial charge on any atom is -0.507 e. The number of fused-ring (bicyclic) bond motifs is 1. The van der Waals surface area contributed by atoms with Gasteiger partial charge in [-0.15, -0.1) is 0 Å². The van der Waals surface area contributed by atoms with Crippen molar-refractivity contribution in [2.45, 2.75) is 71.6 Å². The molecule has 0 fully saturated rings. The van der Waals surface area contributed by atoms with Gasteiger partial charge in [-0.1, -0.05) is 201 Å². The van der Waals surface area contributed by atoms with Crippen molar-refractivity contribution in [3.63, 3.8) is 0 Å². The van der Waals surface area contributed by atoms with Crippen molar-refractivity contribution >= 4 is 11.0 Å². The van der Waals surface area contributed by atoms with Crippen LogP contribution in [0.1, 0.15) is 77.6 Å². The summed E-state index contributed by atoms with van der Waals surface area (Å²) in [6.07, 6.45) is 1.93. The summed E-state index contributed by atoms with van der Waals surface area (Å²) in [4.78, 5) is 10.5. The SMILES string of the molecule is CC(C)(C)c1ccc(C(C)(C)c2ccc(-c3ccnc(-c4cc(-c5cccc6c5nc(-c5ccccc5O)n6-c5ccc(-c6ccccc6)cc5-c5ccccc5)cc(C(C)(C)C)c4)c3)cc2)cc1. The lowest BCUT2D eigenvalue weighted by Crippen LogP contribution is -2.19. The molecule has 2 aromatic heterocycles. The number of aromatic hydroxyl groups is 1. The Kier molecular flexibility index (Phi) is 11.5. The van der Waals surface area contributed by atoms with Crippen LogP contribution in [0.3, 0.4) is 0 Å². The lowest BCUT2D eigenvalue weighted by Gasteiger charge is -2.28.